The van der Waals surface area contributed by atoms with Crippen molar-refractivity contribution in [1.82, 2.24) is 10.3 Å². The van der Waals surface area contributed by atoms with Crippen LogP contribution in [0, 0.1) is 34.8 Å². The van der Waals surface area contributed by atoms with Crippen LogP contribution >= 0.6 is 0 Å². The van der Waals surface area contributed by atoms with E-state index < -0.39 is 11.6 Å². The first kappa shape index (κ1) is 18.1. The SMILES string of the molecule is C[C@@H]1[C@H]2[C@@H](c3ccc(F)c(F)c3)[C@@H](C[C@H]1NC(=O)c1ccccn1)C2(C)C. The van der Waals surface area contributed by atoms with E-state index in [4.69, 9.17) is 0 Å². The molecule has 3 nitrogen and oxygen atoms in total. The molecule has 5 atom stereocenters. The molecule has 4 rings (SSSR count). The van der Waals surface area contributed by atoms with E-state index in [1.165, 1.54) is 12.1 Å². The molecule has 142 valence electrons. The summed E-state index contributed by atoms with van der Waals surface area (Å²) >= 11 is 0. The smallest absolute Gasteiger partial charge is 0.270 e. The topological polar surface area (TPSA) is 42.0 Å². The molecular weight excluding hydrogens is 346 g/mol. The van der Waals surface area contributed by atoms with Gasteiger partial charge in [-0.25, -0.2) is 8.78 Å². The number of amides is 1. The van der Waals surface area contributed by atoms with E-state index in [1.807, 2.05) is 0 Å². The number of nitrogens with one attached hydrogen (secondary N) is 1. The van der Waals surface area contributed by atoms with Gasteiger partial charge in [-0.3, -0.25) is 9.78 Å². The molecule has 1 N–H and O–H groups in total. The van der Waals surface area contributed by atoms with Crippen LogP contribution in [0.15, 0.2) is 42.6 Å². The van der Waals surface area contributed by atoms with Crippen LogP contribution in [0.1, 0.15) is 49.2 Å². The summed E-state index contributed by atoms with van der Waals surface area (Å²) in [5, 5.41) is 3.14. The minimum absolute atomic E-state index is 0.0593. The highest BCUT2D eigenvalue weighted by molar-refractivity contribution is 5.92. The minimum atomic E-state index is -0.809. The third-order valence-electron chi connectivity index (χ3n) is 6.89. The van der Waals surface area contributed by atoms with Gasteiger partial charge in [0, 0.05) is 12.2 Å². The number of hydrogen-bond donors (Lipinski definition) is 1. The molecule has 5 heteroatoms. The van der Waals surface area contributed by atoms with E-state index in [0.29, 0.717) is 17.5 Å². The van der Waals surface area contributed by atoms with Gasteiger partial charge in [-0.1, -0.05) is 32.9 Å². The van der Waals surface area contributed by atoms with Gasteiger partial charge in [0.05, 0.1) is 0 Å². The maximum Gasteiger partial charge on any atom is 0.270 e. The Labute approximate surface area is 158 Å². The maximum atomic E-state index is 13.8. The van der Waals surface area contributed by atoms with Gasteiger partial charge in [-0.05, 0) is 65.3 Å². The number of hydrogen-bond acceptors (Lipinski definition) is 2. The van der Waals surface area contributed by atoms with Gasteiger partial charge in [0.25, 0.3) is 5.91 Å². The Kier molecular flexibility index (Phi) is 4.28. The second-order valence-corrected chi connectivity index (χ2v) is 8.54. The average Bonchev–Trinajstić information content (AvgIpc) is 2.65. The maximum absolute atomic E-state index is 13.8. The fourth-order valence-electron chi connectivity index (χ4n) is 5.59. The molecule has 1 aromatic carbocycles. The fraction of sp³-hybridized carbons (Fsp3) is 0.455. The lowest BCUT2D eigenvalue weighted by molar-refractivity contribution is -0.139. The summed E-state index contributed by atoms with van der Waals surface area (Å²) in [7, 11) is 0. The van der Waals surface area contributed by atoms with E-state index in [-0.39, 0.29) is 29.2 Å². The van der Waals surface area contributed by atoms with Crippen molar-refractivity contribution in [2.24, 2.45) is 23.2 Å². The van der Waals surface area contributed by atoms with Gasteiger partial charge in [-0.15, -0.1) is 0 Å². The number of pyridine rings is 1. The minimum Gasteiger partial charge on any atom is -0.348 e. The molecular formula is C22H24F2N2O. The van der Waals surface area contributed by atoms with Crippen LogP contribution in [0.3, 0.4) is 0 Å². The zero-order chi connectivity index (χ0) is 19.3. The largest absolute Gasteiger partial charge is 0.348 e. The first-order chi connectivity index (χ1) is 12.8. The highest BCUT2D eigenvalue weighted by Crippen LogP contribution is 2.68. The Morgan fingerprint density at radius 2 is 1.96 bits per heavy atom. The number of fused-ring (bicyclic) bond motifs is 2. The number of halogens is 2. The van der Waals surface area contributed by atoms with Crippen LogP contribution in [-0.4, -0.2) is 16.9 Å². The number of rotatable bonds is 3. The Morgan fingerprint density at radius 1 is 1.19 bits per heavy atom. The molecule has 2 fully saturated rings. The number of aromatic nitrogens is 1. The van der Waals surface area contributed by atoms with Gasteiger partial charge in [0.1, 0.15) is 5.69 Å². The van der Waals surface area contributed by atoms with Crippen LogP contribution < -0.4 is 5.32 Å². The van der Waals surface area contributed by atoms with Crippen molar-refractivity contribution in [3.05, 3.63) is 65.5 Å². The molecule has 2 bridgehead atoms. The van der Waals surface area contributed by atoms with Crippen molar-refractivity contribution in [3.63, 3.8) is 0 Å². The summed E-state index contributed by atoms with van der Waals surface area (Å²) in [6.07, 6.45) is 2.44. The Balaban J connectivity index is 1.55. The van der Waals surface area contributed by atoms with Crippen LogP contribution in [0.2, 0.25) is 0 Å². The van der Waals surface area contributed by atoms with E-state index in [9.17, 15) is 13.6 Å². The van der Waals surface area contributed by atoms with E-state index in [0.717, 1.165) is 12.0 Å². The summed E-state index contributed by atoms with van der Waals surface area (Å²) in [5.41, 5.74) is 1.39. The summed E-state index contributed by atoms with van der Waals surface area (Å²) in [4.78, 5) is 16.6. The summed E-state index contributed by atoms with van der Waals surface area (Å²) in [6.45, 7) is 6.63. The number of carbonyl (C=O) groups is 1. The molecule has 1 aromatic heterocycles. The van der Waals surface area contributed by atoms with Gasteiger partial charge in [-0.2, -0.15) is 0 Å². The molecule has 0 saturated heterocycles. The summed E-state index contributed by atoms with van der Waals surface area (Å²) in [6, 6.07) is 9.61. The monoisotopic (exact) mass is 370 g/mol. The van der Waals surface area contributed by atoms with Gasteiger partial charge < -0.3 is 5.32 Å². The van der Waals surface area contributed by atoms with E-state index >= 15 is 0 Å². The van der Waals surface area contributed by atoms with Gasteiger partial charge in [0.15, 0.2) is 11.6 Å². The van der Waals surface area contributed by atoms with Crippen molar-refractivity contribution >= 4 is 5.91 Å². The molecule has 0 aliphatic heterocycles. The van der Waals surface area contributed by atoms with Crippen molar-refractivity contribution in [2.75, 3.05) is 0 Å². The molecule has 2 saturated carbocycles. The molecule has 2 aromatic rings. The number of carbonyl (C=O) groups excluding carboxylic acids is 1. The highest BCUT2D eigenvalue weighted by atomic mass is 19.2. The third-order valence-corrected chi connectivity index (χ3v) is 6.89. The van der Waals surface area contributed by atoms with Crippen molar-refractivity contribution in [2.45, 2.75) is 39.2 Å². The van der Waals surface area contributed by atoms with Gasteiger partial charge >= 0.3 is 0 Å². The predicted octanol–water partition coefficient (Wildman–Crippen LogP) is 4.55. The lowest BCUT2D eigenvalue weighted by atomic mass is 9.38. The lowest BCUT2D eigenvalue weighted by Crippen LogP contribution is -2.64. The lowest BCUT2D eigenvalue weighted by Gasteiger charge is -2.67. The van der Waals surface area contributed by atoms with Gasteiger partial charge in [0.2, 0.25) is 0 Å². The molecule has 27 heavy (non-hydrogen) atoms. The van der Waals surface area contributed by atoms with Crippen molar-refractivity contribution < 1.29 is 13.6 Å². The summed E-state index contributed by atoms with van der Waals surface area (Å²) < 4.78 is 27.1. The number of nitrogens with zero attached hydrogens (tertiary/aromatic N) is 1. The number of benzene rings is 1. The van der Waals surface area contributed by atoms with E-state index in [2.05, 4.69) is 31.1 Å². The Hall–Kier alpha value is -2.30. The molecule has 1 heterocycles. The molecule has 0 radical (unpaired) electrons. The first-order valence-corrected chi connectivity index (χ1v) is 9.47. The molecule has 0 spiro atoms. The average molecular weight is 370 g/mol. The molecule has 2 aliphatic carbocycles. The fourth-order valence-corrected chi connectivity index (χ4v) is 5.59. The molecule has 1 amide bonds. The molecule has 2 aliphatic rings. The van der Waals surface area contributed by atoms with Crippen LogP contribution in [0.5, 0.6) is 0 Å². The summed E-state index contributed by atoms with van der Waals surface area (Å²) in [5.74, 6) is -0.702. The normalized spacial score (nSPS) is 31.1. The second kappa shape index (κ2) is 6.39. The zero-order valence-electron chi connectivity index (χ0n) is 15.7. The Bertz CT molecular complexity index is 868. The Morgan fingerprint density at radius 3 is 2.59 bits per heavy atom. The van der Waals surface area contributed by atoms with Crippen LogP contribution in [0.25, 0.3) is 0 Å². The predicted molar refractivity (Wildman–Crippen MR) is 99.1 cm³/mol. The van der Waals surface area contributed by atoms with Crippen LogP contribution in [-0.2, 0) is 0 Å². The standard InChI is InChI=1S/C22H24F2N2O/c1-12-18(26-21(27)17-6-4-5-9-25-17)11-14-19(20(12)22(14,2)3)13-7-8-15(23)16(24)10-13/h4-10,12,14,18-20H,11H2,1-3H3,(H,26,27)/t12-,14+,18+,19-,20-/m0/s1. The second-order valence-electron chi connectivity index (χ2n) is 8.54. The highest BCUT2D eigenvalue weighted by Gasteiger charge is 2.63. The van der Waals surface area contributed by atoms with E-state index in [1.54, 1.807) is 30.5 Å². The van der Waals surface area contributed by atoms with Crippen molar-refractivity contribution in [3.8, 4) is 0 Å². The van der Waals surface area contributed by atoms with Crippen molar-refractivity contribution in [1.29, 1.82) is 0 Å². The quantitative estimate of drug-likeness (QED) is 0.861. The zero-order valence-corrected chi connectivity index (χ0v) is 15.7. The third kappa shape index (κ3) is 2.84. The van der Waals surface area contributed by atoms with Crippen LogP contribution in [0.4, 0.5) is 8.78 Å². The molecule has 0 unspecified atom stereocenters. The first-order valence-electron chi connectivity index (χ1n) is 9.47.